The zero-order chi connectivity index (χ0) is 16.4. The highest BCUT2D eigenvalue weighted by Gasteiger charge is 2.09. The molecule has 6 heteroatoms. The predicted octanol–water partition coefficient (Wildman–Crippen LogP) is 2.83. The standard InChI is InChI=1S/C17H15FN2O2S/c1-11-8-13-15(23-11)6-7-20(17(13)22)10-16(21)19-9-12-4-2-3-5-14(12)18/h2-8H,9-10H2,1H3,(H,19,21). The van der Waals surface area contributed by atoms with E-state index in [-0.39, 0.29) is 30.4 Å². The number of thiophene rings is 1. The summed E-state index contributed by atoms with van der Waals surface area (Å²) < 4.78 is 15.8. The molecule has 0 saturated carbocycles. The van der Waals surface area contributed by atoms with Crippen molar-refractivity contribution in [2.75, 3.05) is 0 Å². The van der Waals surface area contributed by atoms with Gasteiger partial charge in [-0.2, -0.15) is 0 Å². The van der Waals surface area contributed by atoms with Crippen molar-refractivity contribution in [1.82, 2.24) is 9.88 Å². The highest BCUT2D eigenvalue weighted by Crippen LogP contribution is 2.21. The Labute approximate surface area is 136 Å². The maximum absolute atomic E-state index is 13.5. The number of rotatable bonds is 4. The summed E-state index contributed by atoms with van der Waals surface area (Å²) in [6.07, 6.45) is 1.61. The first kappa shape index (κ1) is 15.4. The summed E-state index contributed by atoms with van der Waals surface area (Å²) in [5.74, 6) is -0.693. The van der Waals surface area contributed by atoms with E-state index in [9.17, 15) is 14.0 Å². The molecule has 0 radical (unpaired) electrons. The molecule has 23 heavy (non-hydrogen) atoms. The second-order valence-corrected chi connectivity index (χ2v) is 6.54. The van der Waals surface area contributed by atoms with Gasteiger partial charge in [-0.25, -0.2) is 4.39 Å². The lowest BCUT2D eigenvalue weighted by atomic mass is 10.2. The van der Waals surface area contributed by atoms with E-state index in [1.165, 1.54) is 10.6 Å². The number of aromatic nitrogens is 1. The average Bonchev–Trinajstić information content (AvgIpc) is 2.91. The van der Waals surface area contributed by atoms with Gasteiger partial charge < -0.3 is 9.88 Å². The van der Waals surface area contributed by atoms with Gasteiger partial charge in [-0.05, 0) is 25.1 Å². The monoisotopic (exact) mass is 330 g/mol. The Morgan fingerprint density at radius 2 is 2.09 bits per heavy atom. The fraction of sp³-hybridized carbons (Fsp3) is 0.176. The quantitative estimate of drug-likeness (QED) is 0.800. The third kappa shape index (κ3) is 3.32. The van der Waals surface area contributed by atoms with Crippen molar-refractivity contribution < 1.29 is 9.18 Å². The van der Waals surface area contributed by atoms with Crippen LogP contribution in [0.3, 0.4) is 0 Å². The summed E-state index contributed by atoms with van der Waals surface area (Å²) in [6.45, 7) is 1.95. The van der Waals surface area contributed by atoms with Crippen molar-refractivity contribution in [2.45, 2.75) is 20.0 Å². The summed E-state index contributed by atoms with van der Waals surface area (Å²) in [5.41, 5.74) is 0.227. The van der Waals surface area contributed by atoms with E-state index < -0.39 is 0 Å². The minimum atomic E-state index is -0.361. The number of benzene rings is 1. The first-order chi connectivity index (χ1) is 11.0. The molecule has 0 bridgehead atoms. The van der Waals surface area contributed by atoms with Gasteiger partial charge in [0.05, 0.1) is 5.39 Å². The molecule has 2 heterocycles. The van der Waals surface area contributed by atoms with Crippen LogP contribution in [-0.4, -0.2) is 10.5 Å². The number of halogens is 1. The van der Waals surface area contributed by atoms with Gasteiger partial charge in [-0.15, -0.1) is 11.3 Å². The van der Waals surface area contributed by atoms with E-state index >= 15 is 0 Å². The molecule has 4 nitrogen and oxygen atoms in total. The zero-order valence-electron chi connectivity index (χ0n) is 12.5. The number of carbonyl (C=O) groups excluding carboxylic acids is 1. The molecule has 1 amide bonds. The van der Waals surface area contributed by atoms with Gasteiger partial charge in [-0.3, -0.25) is 9.59 Å². The topological polar surface area (TPSA) is 51.1 Å². The number of hydrogen-bond acceptors (Lipinski definition) is 3. The highest BCUT2D eigenvalue weighted by atomic mass is 32.1. The van der Waals surface area contributed by atoms with Crippen LogP contribution in [0.1, 0.15) is 10.4 Å². The van der Waals surface area contributed by atoms with E-state index in [0.29, 0.717) is 10.9 Å². The van der Waals surface area contributed by atoms with E-state index in [1.807, 2.05) is 19.1 Å². The van der Waals surface area contributed by atoms with Crippen molar-refractivity contribution in [3.63, 3.8) is 0 Å². The van der Waals surface area contributed by atoms with Crippen molar-refractivity contribution in [3.8, 4) is 0 Å². The molecule has 0 atom stereocenters. The number of amides is 1. The number of fused-ring (bicyclic) bond motifs is 1. The fourth-order valence-electron chi connectivity index (χ4n) is 2.37. The normalized spacial score (nSPS) is 10.9. The Morgan fingerprint density at radius 3 is 2.87 bits per heavy atom. The minimum absolute atomic E-state index is 0.0852. The zero-order valence-corrected chi connectivity index (χ0v) is 13.3. The van der Waals surface area contributed by atoms with E-state index in [0.717, 1.165) is 9.58 Å². The summed E-state index contributed by atoms with van der Waals surface area (Å²) in [5, 5.41) is 3.25. The lowest BCUT2D eigenvalue weighted by Crippen LogP contribution is -2.31. The van der Waals surface area contributed by atoms with E-state index in [1.54, 1.807) is 35.7 Å². The molecule has 118 valence electrons. The number of nitrogens with zero attached hydrogens (tertiary/aromatic N) is 1. The average molecular weight is 330 g/mol. The van der Waals surface area contributed by atoms with Gasteiger partial charge in [-0.1, -0.05) is 18.2 Å². The number of aryl methyl sites for hydroxylation is 1. The van der Waals surface area contributed by atoms with Crippen molar-refractivity contribution >= 4 is 27.3 Å². The molecule has 0 aliphatic rings. The highest BCUT2D eigenvalue weighted by molar-refractivity contribution is 7.18. The first-order valence-corrected chi connectivity index (χ1v) is 7.96. The fourth-order valence-corrected chi connectivity index (χ4v) is 3.28. The number of carbonyl (C=O) groups is 1. The van der Waals surface area contributed by atoms with Crippen molar-refractivity contribution in [2.24, 2.45) is 0 Å². The molecule has 0 fully saturated rings. The predicted molar refractivity (Wildman–Crippen MR) is 89.1 cm³/mol. The number of hydrogen-bond donors (Lipinski definition) is 1. The van der Waals surface area contributed by atoms with Gasteiger partial charge in [0.25, 0.3) is 5.56 Å². The molecule has 0 aliphatic heterocycles. The lowest BCUT2D eigenvalue weighted by Gasteiger charge is -2.08. The van der Waals surface area contributed by atoms with Crippen LogP contribution >= 0.6 is 11.3 Å². The Kier molecular flexibility index (Phi) is 4.25. The van der Waals surface area contributed by atoms with Crippen LogP contribution in [0.4, 0.5) is 4.39 Å². The largest absolute Gasteiger partial charge is 0.350 e. The Bertz CT molecular complexity index is 930. The van der Waals surface area contributed by atoms with Crippen LogP contribution in [0.15, 0.2) is 47.4 Å². The van der Waals surface area contributed by atoms with Crippen molar-refractivity contribution in [3.05, 3.63) is 69.2 Å². The molecule has 0 saturated heterocycles. The smallest absolute Gasteiger partial charge is 0.259 e. The molecule has 2 aromatic heterocycles. The lowest BCUT2D eigenvalue weighted by molar-refractivity contribution is -0.121. The maximum Gasteiger partial charge on any atom is 0.259 e. The molecule has 0 spiro atoms. The SMILES string of the molecule is Cc1cc2c(=O)n(CC(=O)NCc3ccccc3F)ccc2s1. The minimum Gasteiger partial charge on any atom is -0.350 e. The summed E-state index contributed by atoms with van der Waals surface area (Å²) >= 11 is 1.55. The van der Waals surface area contributed by atoms with Crippen LogP contribution in [0.5, 0.6) is 0 Å². The van der Waals surface area contributed by atoms with E-state index in [2.05, 4.69) is 5.32 Å². The number of nitrogens with one attached hydrogen (secondary N) is 1. The summed E-state index contributed by atoms with van der Waals surface area (Å²) in [6, 6.07) is 9.93. The van der Waals surface area contributed by atoms with Crippen LogP contribution in [0.25, 0.3) is 10.1 Å². The van der Waals surface area contributed by atoms with Crippen LogP contribution in [0, 0.1) is 12.7 Å². The molecule has 1 N–H and O–H groups in total. The van der Waals surface area contributed by atoms with Gasteiger partial charge in [0, 0.05) is 27.9 Å². The van der Waals surface area contributed by atoms with Crippen molar-refractivity contribution in [1.29, 1.82) is 0 Å². The third-order valence-corrected chi connectivity index (χ3v) is 4.54. The Hall–Kier alpha value is -2.47. The number of pyridine rings is 1. The molecule has 3 aromatic rings. The van der Waals surface area contributed by atoms with Gasteiger partial charge >= 0.3 is 0 Å². The molecule has 3 rings (SSSR count). The van der Waals surface area contributed by atoms with E-state index in [4.69, 9.17) is 0 Å². The maximum atomic E-state index is 13.5. The Balaban J connectivity index is 1.72. The first-order valence-electron chi connectivity index (χ1n) is 7.14. The molecule has 0 aliphatic carbocycles. The second-order valence-electron chi connectivity index (χ2n) is 5.25. The van der Waals surface area contributed by atoms with Crippen LogP contribution < -0.4 is 10.9 Å². The molecule has 1 aromatic carbocycles. The third-order valence-electron chi connectivity index (χ3n) is 3.53. The molecular formula is C17H15FN2O2S. The summed E-state index contributed by atoms with van der Waals surface area (Å²) in [4.78, 5) is 25.4. The van der Waals surface area contributed by atoms with Gasteiger partial charge in [0.1, 0.15) is 12.4 Å². The van der Waals surface area contributed by atoms with Gasteiger partial charge in [0.2, 0.25) is 5.91 Å². The summed E-state index contributed by atoms with van der Waals surface area (Å²) in [7, 11) is 0. The van der Waals surface area contributed by atoms with Crippen LogP contribution in [0.2, 0.25) is 0 Å². The second kappa shape index (κ2) is 6.34. The molecular weight excluding hydrogens is 315 g/mol. The van der Waals surface area contributed by atoms with Crippen LogP contribution in [-0.2, 0) is 17.9 Å². The Morgan fingerprint density at radius 1 is 1.30 bits per heavy atom. The van der Waals surface area contributed by atoms with Gasteiger partial charge in [0.15, 0.2) is 0 Å². The molecule has 0 unspecified atom stereocenters.